The maximum absolute atomic E-state index is 12.8. The van der Waals surface area contributed by atoms with Gasteiger partial charge in [0.05, 0.1) is 13.2 Å². The van der Waals surface area contributed by atoms with E-state index in [9.17, 15) is 14.4 Å². The zero-order valence-corrected chi connectivity index (χ0v) is 26.1. The lowest BCUT2D eigenvalue weighted by atomic mass is 10.1. The summed E-state index contributed by atoms with van der Waals surface area (Å²) in [5.74, 6) is -0.166. The SMILES string of the molecule is CNC(=O)CCOC1[C@H]2O[Si](C(C)C)(C(C)C)O[Si](C(C)C)(C(C)C)OC[C@@H]2O[C@H]1n1ccc(=O)[nH]c1=O. The molecular formula is C25H45N3O8Si2. The fraction of sp³-hybridized carbons (Fsp3) is 0.800. The minimum atomic E-state index is -2.98. The number of ether oxygens (including phenoxy) is 2. The topological polar surface area (TPSA) is 130 Å². The molecule has 3 heterocycles. The first-order valence-electron chi connectivity index (χ1n) is 13.6. The number of nitrogens with one attached hydrogen (secondary N) is 2. The van der Waals surface area contributed by atoms with E-state index in [4.69, 9.17) is 22.4 Å². The van der Waals surface area contributed by atoms with E-state index >= 15 is 0 Å². The van der Waals surface area contributed by atoms with Crippen LogP contribution < -0.4 is 16.6 Å². The highest BCUT2D eigenvalue weighted by Gasteiger charge is 2.62. The standard InChI is InChI=1S/C25H45N3O8Si2/c1-15(2)37(16(3)4)33-14-19-22(35-38(36-37,17(5)6)18(7)8)23(32-13-11-20(29)26-9)24(34-19)28-12-10-21(30)27-25(28)31/h10,12,15-19,22-24H,11,13-14H2,1-9H3,(H,26,29)(H,27,30,31)/t19-,22-,23?,24+/m0/s1. The van der Waals surface area contributed by atoms with E-state index < -0.39 is 52.9 Å². The maximum Gasteiger partial charge on any atom is 0.335 e. The van der Waals surface area contributed by atoms with Crippen LogP contribution in [0.25, 0.3) is 0 Å². The summed E-state index contributed by atoms with van der Waals surface area (Å²) in [5.41, 5.74) is -0.586. The van der Waals surface area contributed by atoms with Gasteiger partial charge in [-0.05, 0) is 22.2 Å². The molecule has 2 saturated heterocycles. The van der Waals surface area contributed by atoms with Crippen LogP contribution in [0.1, 0.15) is 68.0 Å². The van der Waals surface area contributed by atoms with Crippen molar-refractivity contribution in [2.45, 2.75) is 109 Å². The highest BCUT2D eigenvalue weighted by molar-refractivity contribution is 6.84. The number of fused-ring (bicyclic) bond motifs is 1. The van der Waals surface area contributed by atoms with Crippen molar-refractivity contribution in [2.24, 2.45) is 0 Å². The molecule has 0 saturated carbocycles. The molecule has 216 valence electrons. The van der Waals surface area contributed by atoms with Crippen LogP contribution in [-0.4, -0.2) is 71.2 Å². The van der Waals surface area contributed by atoms with Gasteiger partial charge in [0.2, 0.25) is 5.91 Å². The highest BCUT2D eigenvalue weighted by atomic mass is 28.5. The van der Waals surface area contributed by atoms with Gasteiger partial charge >= 0.3 is 22.8 Å². The Kier molecular flexibility index (Phi) is 9.99. The molecule has 1 unspecified atom stereocenters. The van der Waals surface area contributed by atoms with Crippen LogP contribution in [0.5, 0.6) is 0 Å². The number of carbonyl (C=O) groups excluding carboxylic acids is 1. The first-order valence-corrected chi connectivity index (χ1v) is 17.5. The molecule has 1 amide bonds. The van der Waals surface area contributed by atoms with E-state index in [1.54, 1.807) is 7.05 Å². The number of hydrogen-bond acceptors (Lipinski definition) is 8. The summed E-state index contributed by atoms with van der Waals surface area (Å²) in [7, 11) is -4.19. The lowest BCUT2D eigenvalue weighted by Crippen LogP contribution is -2.66. The molecule has 13 heteroatoms. The largest absolute Gasteiger partial charge is 0.414 e. The van der Waals surface area contributed by atoms with Gasteiger partial charge in [0.15, 0.2) is 6.23 Å². The molecule has 1 aromatic heterocycles. The van der Waals surface area contributed by atoms with Crippen molar-refractivity contribution < 1.29 is 27.2 Å². The quantitative estimate of drug-likeness (QED) is 0.433. The number of nitrogens with zero attached hydrogens (tertiary/aromatic N) is 1. The number of amides is 1. The normalized spacial score (nSPS) is 27.0. The molecular weight excluding hydrogens is 526 g/mol. The predicted molar refractivity (Wildman–Crippen MR) is 147 cm³/mol. The molecule has 2 aliphatic heterocycles. The van der Waals surface area contributed by atoms with Gasteiger partial charge in [0, 0.05) is 25.7 Å². The second-order valence-corrected chi connectivity index (χ2v) is 20.2. The molecule has 3 rings (SSSR count). The number of H-pyrrole nitrogens is 1. The molecule has 2 aliphatic rings. The lowest BCUT2D eigenvalue weighted by Gasteiger charge is -2.51. The summed E-state index contributed by atoms with van der Waals surface area (Å²) in [6, 6.07) is 1.27. The van der Waals surface area contributed by atoms with E-state index in [1.807, 2.05) is 0 Å². The number of carbonyl (C=O) groups is 1. The lowest BCUT2D eigenvalue weighted by molar-refractivity contribution is -0.124. The third-order valence-corrected chi connectivity index (χ3v) is 17.9. The van der Waals surface area contributed by atoms with Gasteiger partial charge in [0.1, 0.15) is 18.3 Å². The zero-order valence-electron chi connectivity index (χ0n) is 24.1. The van der Waals surface area contributed by atoms with Crippen molar-refractivity contribution in [1.29, 1.82) is 0 Å². The summed E-state index contributed by atoms with van der Waals surface area (Å²) >= 11 is 0. The molecule has 0 bridgehead atoms. The molecule has 0 aromatic carbocycles. The number of aromatic amines is 1. The second kappa shape index (κ2) is 12.3. The molecule has 38 heavy (non-hydrogen) atoms. The van der Waals surface area contributed by atoms with E-state index in [2.05, 4.69) is 65.7 Å². The average molecular weight is 572 g/mol. The van der Waals surface area contributed by atoms with Crippen LogP contribution in [-0.2, 0) is 27.2 Å². The molecule has 4 atom stereocenters. The van der Waals surface area contributed by atoms with Crippen molar-refractivity contribution in [3.63, 3.8) is 0 Å². The van der Waals surface area contributed by atoms with Gasteiger partial charge in [-0.15, -0.1) is 0 Å². The Labute approximate surface area is 227 Å². The van der Waals surface area contributed by atoms with Crippen molar-refractivity contribution in [3.05, 3.63) is 33.1 Å². The van der Waals surface area contributed by atoms with E-state index in [0.29, 0.717) is 0 Å². The van der Waals surface area contributed by atoms with Crippen LogP contribution in [0.15, 0.2) is 21.9 Å². The van der Waals surface area contributed by atoms with Crippen LogP contribution in [0.2, 0.25) is 22.2 Å². The van der Waals surface area contributed by atoms with Gasteiger partial charge in [-0.25, -0.2) is 4.79 Å². The van der Waals surface area contributed by atoms with Crippen molar-refractivity contribution in [2.75, 3.05) is 20.3 Å². The summed E-state index contributed by atoms with van der Waals surface area (Å²) in [6.45, 7) is 17.4. The Morgan fingerprint density at radius 3 is 2.21 bits per heavy atom. The van der Waals surface area contributed by atoms with Gasteiger partial charge in [-0.2, -0.15) is 0 Å². The predicted octanol–water partition coefficient (Wildman–Crippen LogP) is 2.91. The fourth-order valence-electron chi connectivity index (χ4n) is 5.56. The minimum absolute atomic E-state index is 0.0931. The maximum atomic E-state index is 12.8. The van der Waals surface area contributed by atoms with Gasteiger partial charge in [0.25, 0.3) is 5.56 Å². The number of hydrogen-bond donors (Lipinski definition) is 2. The molecule has 2 N–H and O–H groups in total. The fourth-order valence-corrected chi connectivity index (χ4v) is 16.8. The summed E-state index contributed by atoms with van der Waals surface area (Å²) in [4.78, 5) is 38.8. The van der Waals surface area contributed by atoms with Crippen molar-refractivity contribution in [1.82, 2.24) is 14.9 Å². The third-order valence-electron chi connectivity index (χ3n) is 7.66. The van der Waals surface area contributed by atoms with E-state index in [-0.39, 0.29) is 47.7 Å². The van der Waals surface area contributed by atoms with Crippen molar-refractivity contribution >= 4 is 23.0 Å². The van der Waals surface area contributed by atoms with Gasteiger partial charge in [-0.3, -0.25) is 19.1 Å². The molecule has 2 fully saturated rings. The Bertz CT molecular complexity index is 1060. The first kappa shape index (κ1) is 30.9. The monoisotopic (exact) mass is 571 g/mol. The van der Waals surface area contributed by atoms with Gasteiger partial charge < -0.3 is 27.8 Å². The molecule has 0 aliphatic carbocycles. The third kappa shape index (κ3) is 5.93. The Morgan fingerprint density at radius 1 is 1.08 bits per heavy atom. The van der Waals surface area contributed by atoms with Crippen LogP contribution >= 0.6 is 0 Å². The molecule has 0 radical (unpaired) electrons. The molecule has 1 aromatic rings. The number of aromatic nitrogens is 2. The zero-order chi connectivity index (χ0) is 28.4. The average Bonchev–Trinajstić information content (AvgIpc) is 3.14. The Morgan fingerprint density at radius 2 is 1.68 bits per heavy atom. The highest BCUT2D eigenvalue weighted by Crippen LogP contribution is 2.48. The summed E-state index contributed by atoms with van der Waals surface area (Å²) < 4.78 is 35.2. The smallest absolute Gasteiger partial charge is 0.335 e. The summed E-state index contributed by atoms with van der Waals surface area (Å²) in [5, 5.41) is 2.59. The van der Waals surface area contributed by atoms with Crippen LogP contribution in [0, 0.1) is 0 Å². The minimum Gasteiger partial charge on any atom is -0.414 e. The van der Waals surface area contributed by atoms with Crippen molar-refractivity contribution in [3.8, 4) is 0 Å². The second-order valence-electron chi connectivity index (χ2n) is 11.4. The van der Waals surface area contributed by atoms with Crippen LogP contribution in [0.3, 0.4) is 0 Å². The summed E-state index contributed by atoms with van der Waals surface area (Å²) in [6.07, 6.45) is -1.24. The van der Waals surface area contributed by atoms with Gasteiger partial charge in [-0.1, -0.05) is 55.4 Å². The number of rotatable bonds is 9. The Hall–Kier alpha value is -1.62. The first-order chi connectivity index (χ1) is 17.8. The van der Waals surface area contributed by atoms with E-state index in [0.717, 1.165) is 0 Å². The van der Waals surface area contributed by atoms with E-state index in [1.165, 1.54) is 16.8 Å². The molecule has 11 nitrogen and oxygen atoms in total. The Balaban J connectivity index is 2.11. The van der Waals surface area contributed by atoms with Crippen LogP contribution in [0.4, 0.5) is 0 Å². The molecule has 0 spiro atoms.